The van der Waals surface area contributed by atoms with Crippen LogP contribution in [0.5, 0.6) is 5.75 Å². The molecule has 0 bridgehead atoms. The van der Waals surface area contributed by atoms with Crippen LogP contribution in [0.1, 0.15) is 19.8 Å². The number of amides is 1. The van der Waals surface area contributed by atoms with Gasteiger partial charge in [0.15, 0.2) is 0 Å². The molecule has 1 amide bonds. The third kappa shape index (κ3) is 3.72. The maximum atomic E-state index is 11.8. The summed E-state index contributed by atoms with van der Waals surface area (Å²) in [7, 11) is 1.93. The number of rotatable bonds is 5. The minimum absolute atomic E-state index is 0.347. The Morgan fingerprint density at radius 1 is 1.48 bits per heavy atom. The van der Waals surface area contributed by atoms with E-state index in [9.17, 15) is 4.79 Å². The molecule has 1 saturated carbocycles. The molecule has 23 heavy (non-hydrogen) atoms. The van der Waals surface area contributed by atoms with Crippen molar-refractivity contribution in [2.75, 3.05) is 11.9 Å². The normalized spacial score (nSPS) is 13.1. The first-order valence-electron chi connectivity index (χ1n) is 7.65. The number of hydrogen-bond donors (Lipinski definition) is 1. The van der Waals surface area contributed by atoms with Gasteiger partial charge in [-0.25, -0.2) is 4.98 Å². The molecule has 0 unspecified atom stereocenters. The SMILES string of the molecule is CC#CC(=O)Nc1cc(-c2nccn2C)ccc1OCC1CC1. The minimum atomic E-state index is -0.347. The number of carbonyl (C=O) groups is 1. The average molecular weight is 309 g/mol. The molecule has 1 aromatic heterocycles. The second kappa shape index (κ2) is 6.57. The summed E-state index contributed by atoms with van der Waals surface area (Å²) in [5, 5.41) is 2.80. The van der Waals surface area contributed by atoms with E-state index in [1.54, 1.807) is 13.1 Å². The molecule has 0 saturated heterocycles. The lowest BCUT2D eigenvalue weighted by Gasteiger charge is -2.13. The zero-order valence-corrected chi connectivity index (χ0v) is 13.3. The van der Waals surface area contributed by atoms with E-state index < -0.39 is 0 Å². The third-order valence-electron chi connectivity index (χ3n) is 3.72. The minimum Gasteiger partial charge on any atom is -0.491 e. The quantitative estimate of drug-likeness (QED) is 0.864. The fourth-order valence-corrected chi connectivity index (χ4v) is 2.30. The number of benzene rings is 1. The highest BCUT2D eigenvalue weighted by molar-refractivity contribution is 6.05. The first-order valence-corrected chi connectivity index (χ1v) is 7.65. The molecule has 2 aromatic rings. The van der Waals surface area contributed by atoms with Crippen molar-refractivity contribution in [1.82, 2.24) is 9.55 Å². The molecule has 5 heteroatoms. The molecular formula is C18H19N3O2. The van der Waals surface area contributed by atoms with Crippen molar-refractivity contribution in [3.05, 3.63) is 30.6 Å². The topological polar surface area (TPSA) is 56.2 Å². The number of carbonyl (C=O) groups excluding carboxylic acids is 1. The number of nitrogens with zero attached hydrogens (tertiary/aromatic N) is 2. The monoisotopic (exact) mass is 309 g/mol. The van der Waals surface area contributed by atoms with Gasteiger partial charge in [-0.05, 0) is 49.8 Å². The Balaban J connectivity index is 1.89. The molecule has 1 aromatic carbocycles. The zero-order chi connectivity index (χ0) is 16.2. The zero-order valence-electron chi connectivity index (χ0n) is 13.3. The van der Waals surface area contributed by atoms with Crippen LogP contribution in [-0.2, 0) is 11.8 Å². The summed E-state index contributed by atoms with van der Waals surface area (Å²) >= 11 is 0. The van der Waals surface area contributed by atoms with Gasteiger partial charge in [0.25, 0.3) is 5.91 Å². The Kier molecular flexibility index (Phi) is 4.33. The van der Waals surface area contributed by atoms with Gasteiger partial charge in [0.1, 0.15) is 11.6 Å². The van der Waals surface area contributed by atoms with Gasteiger partial charge in [-0.15, -0.1) is 0 Å². The van der Waals surface area contributed by atoms with Gasteiger partial charge in [-0.3, -0.25) is 4.79 Å². The molecule has 5 nitrogen and oxygen atoms in total. The van der Waals surface area contributed by atoms with Crippen LogP contribution in [0.3, 0.4) is 0 Å². The summed E-state index contributed by atoms with van der Waals surface area (Å²) in [6, 6.07) is 5.70. The van der Waals surface area contributed by atoms with Crippen molar-refractivity contribution in [3.8, 4) is 29.0 Å². The standard InChI is InChI=1S/C18H19N3O2/c1-3-4-17(22)20-15-11-14(18-19-9-10-21(18)2)7-8-16(15)23-12-13-5-6-13/h7-11,13H,5-6,12H2,1-2H3,(H,20,22). The lowest BCUT2D eigenvalue weighted by molar-refractivity contribution is -0.111. The van der Waals surface area contributed by atoms with E-state index in [4.69, 9.17) is 4.74 Å². The van der Waals surface area contributed by atoms with Gasteiger partial charge in [0.2, 0.25) is 0 Å². The molecule has 1 aliphatic rings. The van der Waals surface area contributed by atoms with Gasteiger partial charge < -0.3 is 14.6 Å². The number of aryl methyl sites for hydroxylation is 1. The van der Waals surface area contributed by atoms with Crippen LogP contribution in [-0.4, -0.2) is 22.1 Å². The number of ether oxygens (including phenoxy) is 1. The van der Waals surface area contributed by atoms with E-state index in [2.05, 4.69) is 22.1 Å². The molecule has 1 fully saturated rings. The molecule has 118 valence electrons. The van der Waals surface area contributed by atoms with Crippen molar-refractivity contribution >= 4 is 11.6 Å². The predicted molar refractivity (Wildman–Crippen MR) is 88.9 cm³/mol. The number of nitrogens with one attached hydrogen (secondary N) is 1. The van der Waals surface area contributed by atoms with Crippen molar-refractivity contribution in [2.45, 2.75) is 19.8 Å². The van der Waals surface area contributed by atoms with Crippen molar-refractivity contribution in [2.24, 2.45) is 13.0 Å². The Labute approximate surface area is 135 Å². The van der Waals surface area contributed by atoms with E-state index in [1.165, 1.54) is 12.8 Å². The Morgan fingerprint density at radius 3 is 2.96 bits per heavy atom. The van der Waals surface area contributed by atoms with Crippen molar-refractivity contribution in [3.63, 3.8) is 0 Å². The second-order valence-corrected chi connectivity index (χ2v) is 5.66. The summed E-state index contributed by atoms with van der Waals surface area (Å²) in [5.41, 5.74) is 1.54. The highest BCUT2D eigenvalue weighted by Gasteiger charge is 2.22. The lowest BCUT2D eigenvalue weighted by atomic mass is 10.1. The fraction of sp³-hybridized carbons (Fsp3) is 0.333. The van der Waals surface area contributed by atoms with Crippen LogP contribution in [0.25, 0.3) is 11.4 Å². The summed E-state index contributed by atoms with van der Waals surface area (Å²) in [4.78, 5) is 16.2. The summed E-state index contributed by atoms with van der Waals surface area (Å²) in [6.07, 6.45) is 6.06. The maximum Gasteiger partial charge on any atom is 0.300 e. The molecule has 0 atom stereocenters. The van der Waals surface area contributed by atoms with E-state index in [0.29, 0.717) is 24.0 Å². The number of aromatic nitrogens is 2. The fourth-order valence-electron chi connectivity index (χ4n) is 2.30. The van der Waals surface area contributed by atoms with Gasteiger partial charge in [0, 0.05) is 25.0 Å². The predicted octanol–water partition coefficient (Wildman–Crippen LogP) is 2.84. The molecule has 1 aliphatic carbocycles. The molecular weight excluding hydrogens is 290 g/mol. The highest BCUT2D eigenvalue weighted by Crippen LogP contribution is 2.33. The van der Waals surface area contributed by atoms with E-state index in [-0.39, 0.29) is 5.91 Å². The summed E-state index contributed by atoms with van der Waals surface area (Å²) < 4.78 is 7.78. The Hall–Kier alpha value is -2.74. The highest BCUT2D eigenvalue weighted by atomic mass is 16.5. The average Bonchev–Trinajstić information content (AvgIpc) is 3.26. The van der Waals surface area contributed by atoms with Crippen molar-refractivity contribution in [1.29, 1.82) is 0 Å². The number of hydrogen-bond acceptors (Lipinski definition) is 3. The van der Waals surface area contributed by atoms with Gasteiger partial charge in [0.05, 0.1) is 12.3 Å². The largest absolute Gasteiger partial charge is 0.491 e. The first kappa shape index (κ1) is 15.2. The van der Waals surface area contributed by atoms with E-state index >= 15 is 0 Å². The van der Waals surface area contributed by atoms with Gasteiger partial charge in [-0.2, -0.15) is 0 Å². The van der Waals surface area contributed by atoms with Crippen LogP contribution < -0.4 is 10.1 Å². The first-order chi connectivity index (χ1) is 11.2. The molecule has 0 radical (unpaired) electrons. The van der Waals surface area contributed by atoms with Crippen LogP contribution in [0, 0.1) is 17.8 Å². The van der Waals surface area contributed by atoms with Crippen LogP contribution in [0.2, 0.25) is 0 Å². The van der Waals surface area contributed by atoms with Crippen molar-refractivity contribution < 1.29 is 9.53 Å². The van der Waals surface area contributed by atoms with Crippen LogP contribution >= 0.6 is 0 Å². The Bertz CT molecular complexity index is 779. The molecule has 0 spiro atoms. The molecule has 0 aliphatic heterocycles. The van der Waals surface area contributed by atoms with Crippen LogP contribution in [0.4, 0.5) is 5.69 Å². The van der Waals surface area contributed by atoms with E-state index in [0.717, 1.165) is 11.4 Å². The van der Waals surface area contributed by atoms with Crippen LogP contribution in [0.15, 0.2) is 30.6 Å². The summed E-state index contributed by atoms with van der Waals surface area (Å²) in [5.74, 6) is 6.88. The van der Waals surface area contributed by atoms with Gasteiger partial charge in [-0.1, -0.05) is 5.92 Å². The second-order valence-electron chi connectivity index (χ2n) is 5.66. The third-order valence-corrected chi connectivity index (χ3v) is 3.72. The maximum absolute atomic E-state index is 11.8. The molecule has 3 rings (SSSR count). The lowest BCUT2D eigenvalue weighted by Crippen LogP contribution is -2.11. The van der Waals surface area contributed by atoms with Gasteiger partial charge >= 0.3 is 0 Å². The molecule has 1 heterocycles. The number of anilines is 1. The summed E-state index contributed by atoms with van der Waals surface area (Å²) in [6.45, 7) is 2.32. The Morgan fingerprint density at radius 2 is 2.30 bits per heavy atom. The molecule has 1 N–H and O–H groups in total. The van der Waals surface area contributed by atoms with E-state index in [1.807, 2.05) is 36.0 Å². The smallest absolute Gasteiger partial charge is 0.300 e. The number of imidazole rings is 1.